The number of carbonyl (C=O) groups is 1. The molecule has 0 radical (unpaired) electrons. The molecule has 1 aliphatic rings. The molecule has 7 heteroatoms. The van der Waals surface area contributed by atoms with E-state index in [0.717, 1.165) is 48.1 Å². The molecule has 1 fully saturated rings. The summed E-state index contributed by atoms with van der Waals surface area (Å²) in [7, 11) is 0. The second kappa shape index (κ2) is 13.4. The standard InChI is InChI=1S/C28H35Cl2NO4/c1-4-34-28(33)13-11-24-19(2)7-5-9-25(24)20(3)35-18-23(32)17-31-14-6-8-22(31)15-21-10-12-26(29)27(30)16-21/h5,7,9-13,16,20,22-23,32H,4,6,8,14-15,17-18H2,1-3H3/t20-,22+,23-/m1/s1. The maximum Gasteiger partial charge on any atom is 0.330 e. The van der Waals surface area contributed by atoms with Gasteiger partial charge in [-0.15, -0.1) is 0 Å². The molecule has 0 spiro atoms. The number of esters is 1. The molecule has 3 atom stereocenters. The van der Waals surface area contributed by atoms with Crippen LogP contribution in [0.1, 0.15) is 55.0 Å². The van der Waals surface area contributed by atoms with Crippen LogP contribution in [0.4, 0.5) is 0 Å². The monoisotopic (exact) mass is 519 g/mol. The van der Waals surface area contributed by atoms with E-state index in [4.69, 9.17) is 32.7 Å². The van der Waals surface area contributed by atoms with E-state index in [1.54, 1.807) is 13.0 Å². The average molecular weight is 520 g/mol. The Morgan fingerprint density at radius 1 is 1.26 bits per heavy atom. The maximum absolute atomic E-state index is 11.8. The van der Waals surface area contributed by atoms with Gasteiger partial charge in [-0.1, -0.05) is 47.5 Å². The minimum Gasteiger partial charge on any atom is -0.463 e. The van der Waals surface area contributed by atoms with E-state index in [2.05, 4.69) is 4.90 Å². The molecule has 5 nitrogen and oxygen atoms in total. The van der Waals surface area contributed by atoms with Gasteiger partial charge in [0.1, 0.15) is 0 Å². The molecule has 0 bridgehead atoms. The average Bonchev–Trinajstić information content (AvgIpc) is 3.25. The number of hydrogen-bond acceptors (Lipinski definition) is 5. The van der Waals surface area contributed by atoms with Gasteiger partial charge < -0.3 is 14.6 Å². The second-order valence-electron chi connectivity index (χ2n) is 9.04. The van der Waals surface area contributed by atoms with Gasteiger partial charge in [0, 0.05) is 18.7 Å². The number of nitrogens with zero attached hydrogens (tertiary/aromatic N) is 1. The summed E-state index contributed by atoms with van der Waals surface area (Å²) >= 11 is 12.2. The van der Waals surface area contributed by atoms with Gasteiger partial charge in [-0.05, 0) is 87.0 Å². The molecular formula is C28H35Cl2NO4. The van der Waals surface area contributed by atoms with Crippen molar-refractivity contribution in [2.75, 3.05) is 26.3 Å². The lowest BCUT2D eigenvalue weighted by Crippen LogP contribution is -2.39. The van der Waals surface area contributed by atoms with Crippen molar-refractivity contribution in [3.63, 3.8) is 0 Å². The number of rotatable bonds is 11. The molecule has 190 valence electrons. The highest BCUT2D eigenvalue weighted by Gasteiger charge is 2.27. The smallest absolute Gasteiger partial charge is 0.330 e. The highest BCUT2D eigenvalue weighted by molar-refractivity contribution is 6.42. The normalized spacial score (nSPS) is 18.2. The molecule has 0 amide bonds. The zero-order valence-electron chi connectivity index (χ0n) is 20.7. The van der Waals surface area contributed by atoms with Gasteiger partial charge in [0.15, 0.2) is 0 Å². The maximum atomic E-state index is 11.8. The number of aliphatic hydroxyl groups is 1. The third-order valence-electron chi connectivity index (χ3n) is 6.41. The van der Waals surface area contributed by atoms with Crippen molar-refractivity contribution >= 4 is 35.2 Å². The third kappa shape index (κ3) is 8.06. The first-order valence-corrected chi connectivity index (χ1v) is 13.0. The summed E-state index contributed by atoms with van der Waals surface area (Å²) in [4.78, 5) is 14.1. The van der Waals surface area contributed by atoms with Gasteiger partial charge in [-0.3, -0.25) is 4.90 Å². The quantitative estimate of drug-likeness (QED) is 0.290. The second-order valence-corrected chi connectivity index (χ2v) is 9.85. The minimum atomic E-state index is -0.602. The topological polar surface area (TPSA) is 59.0 Å². The first kappa shape index (κ1) is 27.7. The van der Waals surface area contributed by atoms with E-state index in [9.17, 15) is 9.90 Å². The molecule has 3 rings (SSSR count). The Hall–Kier alpha value is -1.89. The summed E-state index contributed by atoms with van der Waals surface area (Å²) in [5.74, 6) is -0.369. The highest BCUT2D eigenvalue weighted by Crippen LogP contribution is 2.28. The van der Waals surface area contributed by atoms with Crippen LogP contribution in [-0.2, 0) is 20.7 Å². The third-order valence-corrected chi connectivity index (χ3v) is 7.15. The molecule has 2 aromatic carbocycles. The Morgan fingerprint density at radius 3 is 2.80 bits per heavy atom. The minimum absolute atomic E-state index is 0.228. The number of aryl methyl sites for hydroxylation is 1. The number of β-amino-alcohol motifs (C(OH)–C–C–N with tert-alkyl or cyclic N) is 1. The number of aliphatic hydroxyl groups excluding tert-OH is 1. The Bertz CT molecular complexity index is 1030. The van der Waals surface area contributed by atoms with Gasteiger partial charge in [0.05, 0.1) is 35.5 Å². The molecular weight excluding hydrogens is 485 g/mol. The Labute approximate surface area is 218 Å². The molecule has 0 unspecified atom stereocenters. The lowest BCUT2D eigenvalue weighted by molar-refractivity contribution is -0.137. The fourth-order valence-electron chi connectivity index (χ4n) is 4.60. The van der Waals surface area contributed by atoms with Crippen molar-refractivity contribution in [1.29, 1.82) is 0 Å². The summed E-state index contributed by atoms with van der Waals surface area (Å²) in [6.07, 6.45) is 5.45. The summed E-state index contributed by atoms with van der Waals surface area (Å²) in [5, 5.41) is 11.9. The lowest BCUT2D eigenvalue weighted by atomic mass is 9.98. The van der Waals surface area contributed by atoms with E-state index in [1.807, 2.05) is 50.2 Å². The lowest BCUT2D eigenvalue weighted by Gasteiger charge is -2.28. The largest absolute Gasteiger partial charge is 0.463 e. The fourth-order valence-corrected chi connectivity index (χ4v) is 4.92. The SMILES string of the molecule is CCOC(=O)C=Cc1c(C)cccc1[C@@H](C)OC[C@H](O)CN1CCC[C@H]1Cc1ccc(Cl)c(Cl)c1. The molecule has 0 aromatic heterocycles. The zero-order chi connectivity index (χ0) is 25.4. The van der Waals surface area contributed by atoms with Crippen LogP contribution in [0.15, 0.2) is 42.5 Å². The van der Waals surface area contributed by atoms with Gasteiger partial charge in [-0.25, -0.2) is 4.79 Å². The number of carbonyl (C=O) groups excluding carboxylic acids is 1. The number of hydrogen-bond donors (Lipinski definition) is 1. The Morgan fingerprint density at radius 2 is 2.06 bits per heavy atom. The van der Waals surface area contributed by atoms with Crippen molar-refractivity contribution in [1.82, 2.24) is 4.90 Å². The summed E-state index contributed by atoms with van der Waals surface area (Å²) in [5.41, 5.74) is 4.10. The molecule has 0 aliphatic carbocycles. The van der Waals surface area contributed by atoms with Gasteiger partial charge >= 0.3 is 5.97 Å². The zero-order valence-corrected chi connectivity index (χ0v) is 22.2. The molecule has 35 heavy (non-hydrogen) atoms. The van der Waals surface area contributed by atoms with Gasteiger partial charge in [0.2, 0.25) is 0 Å². The van der Waals surface area contributed by atoms with Crippen LogP contribution in [0, 0.1) is 6.92 Å². The van der Waals surface area contributed by atoms with E-state index >= 15 is 0 Å². The first-order chi connectivity index (χ1) is 16.8. The van der Waals surface area contributed by atoms with Crippen molar-refractivity contribution in [2.24, 2.45) is 0 Å². The van der Waals surface area contributed by atoms with Crippen LogP contribution in [0.5, 0.6) is 0 Å². The van der Waals surface area contributed by atoms with Crippen LogP contribution in [0.25, 0.3) is 6.08 Å². The van der Waals surface area contributed by atoms with E-state index in [0.29, 0.717) is 29.2 Å². The van der Waals surface area contributed by atoms with Crippen LogP contribution in [0.3, 0.4) is 0 Å². The van der Waals surface area contributed by atoms with Crippen molar-refractivity contribution in [3.05, 3.63) is 74.8 Å². The number of halogens is 2. The molecule has 1 saturated heterocycles. The van der Waals surface area contributed by atoms with E-state index < -0.39 is 6.10 Å². The predicted octanol–water partition coefficient (Wildman–Crippen LogP) is 6.02. The summed E-state index contributed by atoms with van der Waals surface area (Å²) in [6.45, 7) is 7.83. The molecule has 1 aliphatic heterocycles. The number of likely N-dealkylation sites (tertiary alicyclic amines) is 1. The molecule has 1 heterocycles. The number of ether oxygens (including phenoxy) is 2. The van der Waals surface area contributed by atoms with Crippen molar-refractivity contribution < 1.29 is 19.4 Å². The highest BCUT2D eigenvalue weighted by atomic mass is 35.5. The van der Waals surface area contributed by atoms with Crippen molar-refractivity contribution in [2.45, 2.75) is 58.3 Å². The van der Waals surface area contributed by atoms with E-state index in [-0.39, 0.29) is 18.7 Å². The molecule has 0 saturated carbocycles. The van der Waals surface area contributed by atoms with Crippen LogP contribution in [-0.4, -0.2) is 54.4 Å². The van der Waals surface area contributed by atoms with Gasteiger partial charge in [0.25, 0.3) is 0 Å². The van der Waals surface area contributed by atoms with E-state index in [1.165, 1.54) is 6.08 Å². The fraction of sp³-hybridized carbons (Fsp3) is 0.464. The van der Waals surface area contributed by atoms with Gasteiger partial charge in [-0.2, -0.15) is 0 Å². The number of benzene rings is 2. The van der Waals surface area contributed by atoms with Crippen molar-refractivity contribution in [3.8, 4) is 0 Å². The first-order valence-electron chi connectivity index (χ1n) is 12.2. The summed E-state index contributed by atoms with van der Waals surface area (Å²) in [6, 6.07) is 12.1. The molecule has 1 N–H and O–H groups in total. The predicted molar refractivity (Wildman–Crippen MR) is 142 cm³/mol. The Balaban J connectivity index is 1.56. The Kier molecular flexibility index (Phi) is 10.6. The van der Waals surface area contributed by atoms with Crippen LogP contribution < -0.4 is 0 Å². The van der Waals surface area contributed by atoms with Crippen LogP contribution in [0.2, 0.25) is 10.0 Å². The summed E-state index contributed by atoms with van der Waals surface area (Å²) < 4.78 is 11.1. The molecule has 2 aromatic rings. The van der Waals surface area contributed by atoms with Crippen LogP contribution >= 0.6 is 23.2 Å².